The minimum absolute atomic E-state index is 0.0455. The average Bonchev–Trinajstić information content (AvgIpc) is 3.57. The van der Waals surface area contributed by atoms with Gasteiger partial charge in [-0.15, -0.1) is 11.3 Å². The van der Waals surface area contributed by atoms with E-state index < -0.39 is 6.10 Å². The fourth-order valence-corrected chi connectivity index (χ4v) is 6.17. The molecule has 2 aliphatic heterocycles. The Morgan fingerprint density at radius 2 is 1.89 bits per heavy atom. The zero-order valence-electron chi connectivity index (χ0n) is 21.4. The Morgan fingerprint density at radius 3 is 2.64 bits per heavy atom. The number of piperidine rings is 1. The predicted octanol–water partition coefficient (Wildman–Crippen LogP) is 6.03. The molecule has 1 unspecified atom stereocenters. The van der Waals surface area contributed by atoms with Crippen LogP contribution in [0, 0.1) is 20.8 Å². The van der Waals surface area contributed by atoms with Crippen molar-refractivity contribution in [2.45, 2.75) is 58.2 Å². The van der Waals surface area contributed by atoms with Crippen molar-refractivity contribution in [1.82, 2.24) is 9.88 Å². The molecule has 6 nitrogen and oxygen atoms in total. The Bertz CT molecular complexity index is 1280. The lowest BCUT2D eigenvalue weighted by molar-refractivity contribution is -0.143. The van der Waals surface area contributed by atoms with Crippen LogP contribution in [0.2, 0.25) is 0 Å². The number of thiazole rings is 1. The van der Waals surface area contributed by atoms with E-state index in [2.05, 4.69) is 47.8 Å². The topological polar surface area (TPSA) is 64.0 Å². The summed E-state index contributed by atoms with van der Waals surface area (Å²) in [4.78, 5) is 26.0. The van der Waals surface area contributed by atoms with Gasteiger partial charge in [-0.05, 0) is 55.9 Å². The van der Waals surface area contributed by atoms with Crippen LogP contribution in [0.5, 0.6) is 0 Å². The fraction of sp³-hybridized carbons (Fsp3) is 0.414. The third-order valence-corrected chi connectivity index (χ3v) is 8.36. The normalized spacial score (nSPS) is 19.2. The lowest BCUT2D eigenvalue weighted by Gasteiger charge is -2.33. The number of hydrogen-bond acceptors (Lipinski definition) is 6. The van der Waals surface area contributed by atoms with Crippen LogP contribution in [0.15, 0.2) is 53.0 Å². The molecule has 1 fully saturated rings. The van der Waals surface area contributed by atoms with Gasteiger partial charge in [0.2, 0.25) is 0 Å². The third-order valence-electron chi connectivity index (χ3n) is 7.35. The molecule has 188 valence electrons. The van der Waals surface area contributed by atoms with Crippen molar-refractivity contribution in [3.8, 4) is 0 Å². The van der Waals surface area contributed by atoms with Crippen LogP contribution in [0.1, 0.15) is 75.9 Å². The summed E-state index contributed by atoms with van der Waals surface area (Å²) in [5, 5.41) is 7.58. The number of methoxy groups -OCH3 is 1. The second-order valence-corrected chi connectivity index (χ2v) is 10.7. The molecule has 0 N–H and O–H groups in total. The Kier molecular flexibility index (Phi) is 7.21. The molecule has 1 aromatic heterocycles. The van der Waals surface area contributed by atoms with E-state index in [0.29, 0.717) is 19.0 Å². The number of rotatable bonds is 6. The van der Waals surface area contributed by atoms with Gasteiger partial charge in [0.25, 0.3) is 5.91 Å². The summed E-state index contributed by atoms with van der Waals surface area (Å²) in [6.45, 7) is 7.60. The summed E-state index contributed by atoms with van der Waals surface area (Å²) in [6, 6.07) is 14.5. The second-order valence-electron chi connectivity index (χ2n) is 9.84. The number of nitrogens with zero attached hydrogens (tertiary/aromatic N) is 3. The molecule has 2 atom stereocenters. The van der Waals surface area contributed by atoms with Crippen LogP contribution >= 0.6 is 11.3 Å². The molecule has 7 heteroatoms. The van der Waals surface area contributed by atoms with Gasteiger partial charge in [-0.1, -0.05) is 53.2 Å². The van der Waals surface area contributed by atoms with Crippen molar-refractivity contribution < 1.29 is 14.4 Å². The number of likely N-dealkylation sites (tertiary alicyclic amines) is 1. The number of amides is 1. The van der Waals surface area contributed by atoms with E-state index in [0.717, 1.165) is 52.4 Å². The first-order valence-electron chi connectivity index (χ1n) is 12.6. The molecular formula is C29H33N3O3S. The van der Waals surface area contributed by atoms with Gasteiger partial charge in [-0.2, -0.15) is 0 Å². The number of carbonyl (C=O) groups excluding carboxylic acids is 1. The quantitative estimate of drug-likeness (QED) is 0.412. The van der Waals surface area contributed by atoms with Crippen LogP contribution in [0.3, 0.4) is 0 Å². The third kappa shape index (κ3) is 4.95. The van der Waals surface area contributed by atoms with Gasteiger partial charge in [-0.3, -0.25) is 4.79 Å². The Hall–Kier alpha value is -3.03. The van der Waals surface area contributed by atoms with Gasteiger partial charge >= 0.3 is 0 Å². The van der Waals surface area contributed by atoms with Crippen molar-refractivity contribution in [1.29, 1.82) is 0 Å². The summed E-state index contributed by atoms with van der Waals surface area (Å²) in [5.41, 5.74) is 7.39. The SMILES string of the molecule is COC(C(=O)N1CCC(c2nc(C3=NO[C@@H](c4ccccc4C)C3)cs2)CC1)c1cc(C)ccc1C. The van der Waals surface area contributed by atoms with Gasteiger partial charge in [0, 0.05) is 37.9 Å². The minimum atomic E-state index is -0.561. The molecule has 3 heterocycles. The number of aromatic nitrogens is 1. The number of benzene rings is 2. The van der Waals surface area contributed by atoms with Crippen molar-refractivity contribution in [2.24, 2.45) is 5.16 Å². The Balaban J connectivity index is 1.20. The van der Waals surface area contributed by atoms with Crippen LogP contribution < -0.4 is 0 Å². The van der Waals surface area contributed by atoms with E-state index in [4.69, 9.17) is 14.6 Å². The number of hydrogen-bond donors (Lipinski definition) is 0. The Morgan fingerprint density at radius 1 is 1.11 bits per heavy atom. The molecule has 0 bridgehead atoms. The van der Waals surface area contributed by atoms with Crippen LogP contribution in [0.25, 0.3) is 0 Å². The van der Waals surface area contributed by atoms with Crippen molar-refractivity contribution >= 4 is 23.0 Å². The van der Waals surface area contributed by atoms with Gasteiger partial charge in [0.1, 0.15) is 5.71 Å². The molecule has 3 aromatic rings. The van der Waals surface area contributed by atoms with E-state index >= 15 is 0 Å². The largest absolute Gasteiger partial charge is 0.387 e. The average molecular weight is 504 g/mol. The molecule has 0 aliphatic carbocycles. The fourth-order valence-electron chi connectivity index (χ4n) is 5.17. The highest BCUT2D eigenvalue weighted by atomic mass is 32.1. The summed E-state index contributed by atoms with van der Waals surface area (Å²) in [6.07, 6.45) is 1.92. The maximum absolute atomic E-state index is 13.3. The van der Waals surface area contributed by atoms with E-state index in [1.165, 1.54) is 11.1 Å². The highest BCUT2D eigenvalue weighted by molar-refractivity contribution is 7.10. The van der Waals surface area contributed by atoms with Crippen LogP contribution in [-0.2, 0) is 14.4 Å². The molecule has 1 amide bonds. The first-order chi connectivity index (χ1) is 17.4. The Labute approximate surface area is 217 Å². The van der Waals surface area contributed by atoms with Crippen molar-refractivity contribution in [2.75, 3.05) is 20.2 Å². The number of carbonyl (C=O) groups is 1. The molecule has 36 heavy (non-hydrogen) atoms. The van der Waals surface area contributed by atoms with Gasteiger partial charge in [0.15, 0.2) is 12.2 Å². The van der Waals surface area contributed by atoms with Gasteiger partial charge < -0.3 is 14.5 Å². The maximum atomic E-state index is 13.3. The van der Waals surface area contributed by atoms with Gasteiger partial charge in [-0.25, -0.2) is 4.98 Å². The molecule has 1 saturated heterocycles. The van der Waals surface area contributed by atoms with E-state index in [9.17, 15) is 4.79 Å². The molecular weight excluding hydrogens is 470 g/mol. The molecule has 2 aliphatic rings. The minimum Gasteiger partial charge on any atom is -0.387 e. The highest BCUT2D eigenvalue weighted by Crippen LogP contribution is 2.35. The lowest BCUT2D eigenvalue weighted by atomic mass is 9.95. The summed E-state index contributed by atoms with van der Waals surface area (Å²) < 4.78 is 5.68. The monoisotopic (exact) mass is 503 g/mol. The highest BCUT2D eigenvalue weighted by Gasteiger charge is 2.32. The first kappa shape index (κ1) is 24.7. The second kappa shape index (κ2) is 10.5. The predicted molar refractivity (Wildman–Crippen MR) is 142 cm³/mol. The first-order valence-corrected chi connectivity index (χ1v) is 13.4. The number of ether oxygens (including phenoxy) is 1. The lowest BCUT2D eigenvalue weighted by Crippen LogP contribution is -2.41. The standard InChI is InChI=1S/C29H33N3O3S/c1-18-9-10-20(3)23(15-18)27(34-4)29(33)32-13-11-21(12-14-32)28-30-25(17-36-28)24-16-26(35-31-24)22-8-6-5-7-19(22)2/h5-10,15,17,21,26-27H,11-14,16H2,1-4H3/t26-,27?/m1/s1. The molecule has 0 spiro atoms. The summed E-state index contributed by atoms with van der Waals surface area (Å²) in [5.74, 6) is 0.397. The van der Waals surface area contributed by atoms with E-state index in [1.54, 1.807) is 18.4 Å². The molecule has 0 saturated carbocycles. The van der Waals surface area contributed by atoms with Crippen LogP contribution in [0.4, 0.5) is 0 Å². The van der Waals surface area contributed by atoms with Crippen molar-refractivity contribution in [3.05, 3.63) is 86.4 Å². The smallest absolute Gasteiger partial charge is 0.256 e. The number of aryl methyl sites for hydroxylation is 3. The summed E-state index contributed by atoms with van der Waals surface area (Å²) in [7, 11) is 1.62. The van der Waals surface area contributed by atoms with Crippen LogP contribution in [-0.4, -0.2) is 41.7 Å². The zero-order valence-corrected chi connectivity index (χ0v) is 22.2. The van der Waals surface area contributed by atoms with E-state index in [1.807, 2.05) is 30.9 Å². The van der Waals surface area contributed by atoms with Crippen molar-refractivity contribution in [3.63, 3.8) is 0 Å². The molecule has 5 rings (SSSR count). The molecule has 2 aromatic carbocycles. The maximum Gasteiger partial charge on any atom is 0.256 e. The zero-order chi connectivity index (χ0) is 25.2. The molecule has 0 radical (unpaired) electrons. The van der Waals surface area contributed by atoms with E-state index in [-0.39, 0.29) is 12.0 Å². The van der Waals surface area contributed by atoms with Gasteiger partial charge in [0.05, 0.1) is 10.7 Å². The number of oxime groups is 1. The summed E-state index contributed by atoms with van der Waals surface area (Å²) >= 11 is 1.69.